The second-order valence-corrected chi connectivity index (χ2v) is 4.43. The Morgan fingerprint density at radius 1 is 1.56 bits per heavy atom. The summed E-state index contributed by atoms with van der Waals surface area (Å²) in [4.78, 5) is 4.18. The summed E-state index contributed by atoms with van der Waals surface area (Å²) in [5, 5.41) is 19.6. The molecule has 18 heavy (non-hydrogen) atoms. The Balaban J connectivity index is 2.54. The second-order valence-electron chi connectivity index (χ2n) is 3.99. The van der Waals surface area contributed by atoms with Crippen LogP contribution in [-0.4, -0.2) is 16.3 Å². The third-order valence-corrected chi connectivity index (χ3v) is 2.99. The number of hydrogen-bond donors (Lipinski definition) is 2. The smallest absolute Gasteiger partial charge is 0.116 e. The van der Waals surface area contributed by atoms with Gasteiger partial charge in [0.05, 0.1) is 11.3 Å². The molecule has 1 aromatic carbocycles. The van der Waals surface area contributed by atoms with E-state index in [4.69, 9.17) is 23.2 Å². The van der Waals surface area contributed by atoms with Crippen LogP contribution < -0.4 is 5.73 Å². The SMILES string of the molecule is N#CC(=CC1(O)CC=Nc2ccccc21)C(N)=S. The number of aliphatic imine (C=N–C) groups is 1. The summed E-state index contributed by atoms with van der Waals surface area (Å²) in [5.74, 6) is 0. The second kappa shape index (κ2) is 4.69. The Labute approximate surface area is 110 Å². The van der Waals surface area contributed by atoms with Gasteiger partial charge >= 0.3 is 0 Å². The average molecular weight is 257 g/mol. The number of rotatable bonds is 2. The number of benzene rings is 1. The third kappa shape index (κ3) is 2.16. The molecule has 0 spiro atoms. The van der Waals surface area contributed by atoms with Crippen molar-refractivity contribution in [2.75, 3.05) is 0 Å². The summed E-state index contributed by atoms with van der Waals surface area (Å²) in [6, 6.07) is 9.12. The van der Waals surface area contributed by atoms with Gasteiger partial charge in [-0.05, 0) is 12.1 Å². The summed E-state index contributed by atoms with van der Waals surface area (Å²) >= 11 is 4.78. The van der Waals surface area contributed by atoms with Gasteiger partial charge in [0.2, 0.25) is 0 Å². The number of thiocarbonyl (C=S) groups is 1. The highest BCUT2D eigenvalue weighted by Crippen LogP contribution is 2.37. The number of nitrogens with zero attached hydrogens (tertiary/aromatic N) is 2. The van der Waals surface area contributed by atoms with Crippen LogP contribution in [-0.2, 0) is 5.60 Å². The summed E-state index contributed by atoms with van der Waals surface area (Å²) in [6.07, 6.45) is 3.31. The van der Waals surface area contributed by atoms with E-state index in [1.165, 1.54) is 6.08 Å². The van der Waals surface area contributed by atoms with Crippen LogP contribution in [0.3, 0.4) is 0 Å². The molecule has 1 aliphatic rings. The standard InChI is InChI=1S/C13H11N3OS/c14-8-9(12(15)18)7-13(17)5-6-16-11-4-2-1-3-10(11)13/h1-4,6-7,17H,5H2,(H2,15,18). The molecule has 1 aromatic rings. The van der Waals surface area contributed by atoms with E-state index in [0.29, 0.717) is 11.3 Å². The molecule has 0 amide bonds. The van der Waals surface area contributed by atoms with Crippen LogP contribution in [0.2, 0.25) is 0 Å². The molecule has 1 aliphatic heterocycles. The summed E-state index contributed by atoms with van der Waals surface area (Å²) in [7, 11) is 0. The number of hydrogen-bond acceptors (Lipinski definition) is 4. The molecule has 0 saturated carbocycles. The van der Waals surface area contributed by atoms with E-state index in [1.807, 2.05) is 18.2 Å². The van der Waals surface area contributed by atoms with Gasteiger partial charge in [0.15, 0.2) is 0 Å². The van der Waals surface area contributed by atoms with Crippen LogP contribution in [0.5, 0.6) is 0 Å². The van der Waals surface area contributed by atoms with Crippen LogP contribution in [0, 0.1) is 11.3 Å². The van der Waals surface area contributed by atoms with Crippen molar-refractivity contribution in [3.63, 3.8) is 0 Å². The van der Waals surface area contributed by atoms with Crippen molar-refractivity contribution < 1.29 is 5.11 Å². The van der Waals surface area contributed by atoms with Crippen molar-refractivity contribution in [2.24, 2.45) is 10.7 Å². The van der Waals surface area contributed by atoms with Crippen LogP contribution in [0.25, 0.3) is 0 Å². The highest BCUT2D eigenvalue weighted by atomic mass is 32.1. The van der Waals surface area contributed by atoms with Crippen molar-refractivity contribution in [2.45, 2.75) is 12.0 Å². The molecule has 1 heterocycles. The van der Waals surface area contributed by atoms with E-state index < -0.39 is 5.60 Å². The Kier molecular flexibility index (Phi) is 3.24. The van der Waals surface area contributed by atoms with Crippen molar-refractivity contribution in [1.29, 1.82) is 5.26 Å². The molecule has 0 aromatic heterocycles. The van der Waals surface area contributed by atoms with E-state index in [-0.39, 0.29) is 17.0 Å². The zero-order valence-electron chi connectivity index (χ0n) is 9.50. The maximum Gasteiger partial charge on any atom is 0.116 e. The number of aliphatic hydroxyl groups is 1. The predicted octanol–water partition coefficient (Wildman–Crippen LogP) is 1.72. The van der Waals surface area contributed by atoms with Crippen molar-refractivity contribution in [3.05, 3.63) is 41.5 Å². The monoisotopic (exact) mass is 257 g/mol. The van der Waals surface area contributed by atoms with Gasteiger partial charge in [-0.15, -0.1) is 0 Å². The molecule has 0 bridgehead atoms. The van der Waals surface area contributed by atoms with E-state index in [2.05, 4.69) is 4.99 Å². The minimum Gasteiger partial charge on any atom is -0.389 e. The van der Waals surface area contributed by atoms with Crippen LogP contribution in [0.1, 0.15) is 12.0 Å². The van der Waals surface area contributed by atoms with Crippen molar-refractivity contribution in [1.82, 2.24) is 0 Å². The number of nitriles is 1. The summed E-state index contributed by atoms with van der Waals surface area (Å²) in [6.45, 7) is 0. The van der Waals surface area contributed by atoms with Crippen molar-refractivity contribution in [3.8, 4) is 6.07 Å². The molecule has 1 atom stereocenters. The lowest BCUT2D eigenvalue weighted by molar-refractivity contribution is 0.0977. The van der Waals surface area contributed by atoms with Gasteiger partial charge in [-0.25, -0.2) is 0 Å². The molecule has 90 valence electrons. The lowest BCUT2D eigenvalue weighted by Crippen LogP contribution is -2.27. The first kappa shape index (κ1) is 12.4. The third-order valence-electron chi connectivity index (χ3n) is 2.77. The molecule has 0 radical (unpaired) electrons. The van der Waals surface area contributed by atoms with Gasteiger partial charge in [0.25, 0.3) is 0 Å². The molecular formula is C13H11N3OS. The Hall–Kier alpha value is -2.03. The Bertz CT molecular complexity index is 600. The molecular weight excluding hydrogens is 246 g/mol. The van der Waals surface area contributed by atoms with Gasteiger partial charge in [-0.1, -0.05) is 30.4 Å². The topological polar surface area (TPSA) is 82.4 Å². The zero-order chi connectivity index (χ0) is 13.2. The molecule has 3 N–H and O–H groups in total. The largest absolute Gasteiger partial charge is 0.389 e. The fraction of sp³-hybridized carbons (Fsp3) is 0.154. The van der Waals surface area contributed by atoms with Crippen LogP contribution in [0.15, 0.2) is 40.9 Å². The average Bonchev–Trinajstić information content (AvgIpc) is 2.36. The molecule has 0 fully saturated rings. The van der Waals surface area contributed by atoms with Crippen LogP contribution >= 0.6 is 12.2 Å². The Morgan fingerprint density at radius 3 is 2.94 bits per heavy atom. The van der Waals surface area contributed by atoms with Crippen molar-refractivity contribution >= 4 is 29.1 Å². The zero-order valence-corrected chi connectivity index (χ0v) is 10.3. The fourth-order valence-electron chi connectivity index (χ4n) is 1.88. The van der Waals surface area contributed by atoms with Crippen LogP contribution in [0.4, 0.5) is 5.69 Å². The van der Waals surface area contributed by atoms with E-state index in [0.717, 1.165) is 0 Å². The first-order valence-electron chi connectivity index (χ1n) is 5.34. The minimum absolute atomic E-state index is 0.0223. The highest BCUT2D eigenvalue weighted by molar-refractivity contribution is 7.80. The van der Waals surface area contributed by atoms with Gasteiger partial charge in [-0.3, -0.25) is 4.99 Å². The highest BCUT2D eigenvalue weighted by Gasteiger charge is 2.31. The first-order valence-corrected chi connectivity index (χ1v) is 5.75. The molecule has 5 heteroatoms. The normalized spacial score (nSPS) is 22.1. The first-order chi connectivity index (χ1) is 8.57. The number of fused-ring (bicyclic) bond motifs is 1. The van der Waals surface area contributed by atoms with E-state index >= 15 is 0 Å². The van der Waals surface area contributed by atoms with E-state index in [1.54, 1.807) is 18.3 Å². The number of para-hydroxylation sites is 1. The Morgan fingerprint density at radius 2 is 2.28 bits per heavy atom. The van der Waals surface area contributed by atoms with Gasteiger partial charge < -0.3 is 10.8 Å². The lowest BCUT2D eigenvalue weighted by atomic mass is 9.86. The quantitative estimate of drug-likeness (QED) is 0.480. The molecule has 1 unspecified atom stereocenters. The lowest BCUT2D eigenvalue weighted by Gasteiger charge is -2.28. The molecule has 2 rings (SSSR count). The van der Waals surface area contributed by atoms with E-state index in [9.17, 15) is 5.11 Å². The number of nitrogens with two attached hydrogens (primary N) is 1. The summed E-state index contributed by atoms with van der Waals surface area (Å²) in [5.41, 5.74) is 5.60. The molecule has 4 nitrogen and oxygen atoms in total. The molecule has 0 aliphatic carbocycles. The fourth-order valence-corrected chi connectivity index (χ4v) is 1.98. The summed E-state index contributed by atoms with van der Waals surface area (Å²) < 4.78 is 0. The molecule has 0 saturated heterocycles. The predicted molar refractivity (Wildman–Crippen MR) is 73.6 cm³/mol. The van der Waals surface area contributed by atoms with Gasteiger partial charge in [0.1, 0.15) is 16.7 Å². The maximum absolute atomic E-state index is 10.6. The van der Waals surface area contributed by atoms with Gasteiger partial charge in [-0.2, -0.15) is 5.26 Å². The van der Waals surface area contributed by atoms with Gasteiger partial charge in [0, 0.05) is 18.2 Å². The maximum atomic E-state index is 10.6. The minimum atomic E-state index is -1.28.